The zero-order valence-electron chi connectivity index (χ0n) is 11.9. The molecule has 0 bridgehead atoms. The molecule has 0 radical (unpaired) electrons. The molecule has 2 rings (SSSR count). The molecule has 0 saturated carbocycles. The first-order valence-corrected chi connectivity index (χ1v) is 6.87. The number of hydrogen-bond acceptors (Lipinski definition) is 2. The summed E-state index contributed by atoms with van der Waals surface area (Å²) in [5.74, 6) is -0.0548. The second kappa shape index (κ2) is 6.75. The van der Waals surface area contributed by atoms with Crippen LogP contribution in [0.5, 0.6) is 0 Å². The van der Waals surface area contributed by atoms with Gasteiger partial charge >= 0.3 is 0 Å². The Hall–Kier alpha value is -2.29. The monoisotopic (exact) mass is 268 g/mol. The van der Waals surface area contributed by atoms with Gasteiger partial charge in [0.15, 0.2) is 0 Å². The molecule has 3 heteroatoms. The van der Waals surface area contributed by atoms with Gasteiger partial charge in [-0.1, -0.05) is 37.3 Å². The molecule has 104 valence electrons. The maximum absolute atomic E-state index is 11.6. The number of para-hydroxylation sites is 1. The molecule has 0 atom stereocenters. The van der Waals surface area contributed by atoms with Crippen LogP contribution < -0.4 is 10.6 Å². The average molecular weight is 268 g/mol. The molecule has 0 aliphatic carbocycles. The lowest BCUT2D eigenvalue weighted by Gasteiger charge is -2.11. The Balaban J connectivity index is 2.09. The van der Waals surface area contributed by atoms with Crippen LogP contribution in [-0.2, 0) is 13.0 Å². The minimum Gasteiger partial charge on any atom is -0.381 e. The first-order chi connectivity index (χ1) is 9.74. The second-order valence-electron chi connectivity index (χ2n) is 4.64. The van der Waals surface area contributed by atoms with Crippen LogP contribution >= 0.6 is 0 Å². The van der Waals surface area contributed by atoms with Crippen molar-refractivity contribution in [2.75, 3.05) is 12.4 Å². The molecule has 2 aromatic rings. The summed E-state index contributed by atoms with van der Waals surface area (Å²) in [5, 5.41) is 6.07. The van der Waals surface area contributed by atoms with E-state index in [1.54, 1.807) is 7.05 Å². The summed E-state index contributed by atoms with van der Waals surface area (Å²) in [6, 6.07) is 16.0. The van der Waals surface area contributed by atoms with Crippen LogP contribution in [0.4, 0.5) is 5.69 Å². The SMILES string of the molecule is CCc1ccccc1NCc1cccc(C(=O)NC)c1. The summed E-state index contributed by atoms with van der Waals surface area (Å²) in [5.41, 5.74) is 4.24. The number of amides is 1. The Bertz CT molecular complexity index is 593. The maximum Gasteiger partial charge on any atom is 0.251 e. The van der Waals surface area contributed by atoms with Crippen molar-refractivity contribution in [3.05, 3.63) is 65.2 Å². The van der Waals surface area contributed by atoms with Gasteiger partial charge in [0.2, 0.25) is 0 Å². The summed E-state index contributed by atoms with van der Waals surface area (Å²) >= 11 is 0. The summed E-state index contributed by atoms with van der Waals surface area (Å²) < 4.78 is 0. The molecule has 2 N–H and O–H groups in total. The van der Waals surface area contributed by atoms with E-state index in [0.717, 1.165) is 17.7 Å². The lowest BCUT2D eigenvalue weighted by Crippen LogP contribution is -2.18. The van der Waals surface area contributed by atoms with Gasteiger partial charge in [-0.25, -0.2) is 0 Å². The Labute approximate surface area is 120 Å². The van der Waals surface area contributed by atoms with Crippen LogP contribution in [-0.4, -0.2) is 13.0 Å². The molecule has 0 unspecified atom stereocenters. The number of aryl methyl sites for hydroxylation is 1. The fourth-order valence-corrected chi connectivity index (χ4v) is 2.17. The molecule has 0 aliphatic heterocycles. The van der Waals surface area contributed by atoms with E-state index in [2.05, 4.69) is 35.8 Å². The fourth-order valence-electron chi connectivity index (χ4n) is 2.17. The zero-order valence-corrected chi connectivity index (χ0v) is 11.9. The third-order valence-corrected chi connectivity index (χ3v) is 3.30. The summed E-state index contributed by atoms with van der Waals surface area (Å²) in [7, 11) is 1.64. The average Bonchev–Trinajstić information content (AvgIpc) is 2.52. The summed E-state index contributed by atoms with van der Waals surface area (Å²) in [6.07, 6.45) is 1.00. The molecule has 0 aromatic heterocycles. The first kappa shape index (κ1) is 14.1. The minimum absolute atomic E-state index is 0.0548. The third-order valence-electron chi connectivity index (χ3n) is 3.30. The molecule has 0 saturated heterocycles. The van der Waals surface area contributed by atoms with E-state index < -0.39 is 0 Å². The number of benzene rings is 2. The van der Waals surface area contributed by atoms with Crippen LogP contribution in [0.15, 0.2) is 48.5 Å². The van der Waals surface area contributed by atoms with E-state index >= 15 is 0 Å². The Morgan fingerprint density at radius 1 is 1.10 bits per heavy atom. The molecule has 0 fully saturated rings. The number of carbonyl (C=O) groups excluding carboxylic acids is 1. The predicted molar refractivity (Wildman–Crippen MR) is 83.0 cm³/mol. The van der Waals surface area contributed by atoms with Gasteiger partial charge in [0, 0.05) is 24.8 Å². The van der Waals surface area contributed by atoms with Crippen molar-refractivity contribution in [2.45, 2.75) is 19.9 Å². The highest BCUT2D eigenvalue weighted by molar-refractivity contribution is 5.94. The molecule has 20 heavy (non-hydrogen) atoms. The van der Waals surface area contributed by atoms with E-state index in [9.17, 15) is 4.79 Å². The second-order valence-corrected chi connectivity index (χ2v) is 4.64. The number of anilines is 1. The lowest BCUT2D eigenvalue weighted by atomic mass is 10.1. The van der Waals surface area contributed by atoms with Crippen LogP contribution in [0.1, 0.15) is 28.4 Å². The minimum atomic E-state index is -0.0548. The van der Waals surface area contributed by atoms with Crippen molar-refractivity contribution < 1.29 is 4.79 Å². The molecule has 1 amide bonds. The van der Waals surface area contributed by atoms with Gasteiger partial charge in [-0.05, 0) is 35.7 Å². The molecular formula is C17H20N2O. The van der Waals surface area contributed by atoms with E-state index in [1.807, 2.05) is 30.3 Å². The van der Waals surface area contributed by atoms with E-state index in [4.69, 9.17) is 0 Å². The predicted octanol–water partition coefficient (Wildman–Crippen LogP) is 3.22. The van der Waals surface area contributed by atoms with Gasteiger partial charge in [0.05, 0.1) is 0 Å². The largest absolute Gasteiger partial charge is 0.381 e. The number of carbonyl (C=O) groups is 1. The van der Waals surface area contributed by atoms with Crippen molar-refractivity contribution in [1.29, 1.82) is 0 Å². The summed E-state index contributed by atoms with van der Waals surface area (Å²) in [6.45, 7) is 2.86. The number of nitrogens with one attached hydrogen (secondary N) is 2. The topological polar surface area (TPSA) is 41.1 Å². The van der Waals surface area contributed by atoms with Crippen molar-refractivity contribution in [3.8, 4) is 0 Å². The summed E-state index contributed by atoms with van der Waals surface area (Å²) in [4.78, 5) is 11.6. The van der Waals surface area contributed by atoms with E-state index in [1.165, 1.54) is 5.56 Å². The Morgan fingerprint density at radius 3 is 2.65 bits per heavy atom. The van der Waals surface area contributed by atoms with Crippen molar-refractivity contribution in [3.63, 3.8) is 0 Å². The van der Waals surface area contributed by atoms with Crippen LogP contribution in [0, 0.1) is 0 Å². The quantitative estimate of drug-likeness (QED) is 0.874. The lowest BCUT2D eigenvalue weighted by molar-refractivity contribution is 0.0963. The van der Waals surface area contributed by atoms with Gasteiger partial charge in [-0.15, -0.1) is 0 Å². The number of rotatable bonds is 5. The highest BCUT2D eigenvalue weighted by Crippen LogP contribution is 2.17. The molecule has 0 aliphatic rings. The standard InChI is InChI=1S/C17H20N2O/c1-3-14-8-4-5-10-16(14)19-12-13-7-6-9-15(11-13)17(20)18-2/h4-11,19H,3,12H2,1-2H3,(H,18,20). The molecule has 0 spiro atoms. The third kappa shape index (κ3) is 3.38. The smallest absolute Gasteiger partial charge is 0.251 e. The fraction of sp³-hybridized carbons (Fsp3) is 0.235. The molecule has 3 nitrogen and oxygen atoms in total. The molecular weight excluding hydrogens is 248 g/mol. The highest BCUT2D eigenvalue weighted by Gasteiger charge is 2.04. The van der Waals surface area contributed by atoms with Crippen molar-refractivity contribution in [1.82, 2.24) is 5.32 Å². The highest BCUT2D eigenvalue weighted by atomic mass is 16.1. The molecule has 2 aromatic carbocycles. The van der Waals surface area contributed by atoms with Crippen LogP contribution in [0.25, 0.3) is 0 Å². The van der Waals surface area contributed by atoms with Gasteiger partial charge in [-0.2, -0.15) is 0 Å². The van der Waals surface area contributed by atoms with Crippen molar-refractivity contribution >= 4 is 11.6 Å². The van der Waals surface area contributed by atoms with Crippen molar-refractivity contribution in [2.24, 2.45) is 0 Å². The van der Waals surface area contributed by atoms with Crippen LogP contribution in [0.2, 0.25) is 0 Å². The van der Waals surface area contributed by atoms with E-state index in [-0.39, 0.29) is 5.91 Å². The van der Waals surface area contributed by atoms with Gasteiger partial charge < -0.3 is 10.6 Å². The van der Waals surface area contributed by atoms with Gasteiger partial charge in [-0.3, -0.25) is 4.79 Å². The normalized spacial score (nSPS) is 10.1. The Kier molecular flexibility index (Phi) is 4.77. The van der Waals surface area contributed by atoms with Gasteiger partial charge in [0.25, 0.3) is 5.91 Å². The number of hydrogen-bond donors (Lipinski definition) is 2. The Morgan fingerprint density at radius 2 is 1.90 bits per heavy atom. The zero-order chi connectivity index (χ0) is 14.4. The maximum atomic E-state index is 11.6. The van der Waals surface area contributed by atoms with Gasteiger partial charge in [0.1, 0.15) is 0 Å². The molecule has 0 heterocycles. The van der Waals surface area contributed by atoms with E-state index in [0.29, 0.717) is 12.1 Å². The van der Waals surface area contributed by atoms with Crippen LogP contribution in [0.3, 0.4) is 0 Å². The first-order valence-electron chi connectivity index (χ1n) is 6.87.